The van der Waals surface area contributed by atoms with Crippen molar-refractivity contribution in [2.45, 2.75) is 70.6 Å². The van der Waals surface area contributed by atoms with Crippen LogP contribution in [0.5, 0.6) is 5.88 Å². The van der Waals surface area contributed by atoms with E-state index in [9.17, 15) is 4.79 Å². The second-order valence-corrected chi connectivity index (χ2v) is 6.52. The smallest absolute Gasteiger partial charge is 0.226 e. The molecule has 4 heteroatoms. The lowest BCUT2D eigenvalue weighted by Gasteiger charge is -2.40. The van der Waals surface area contributed by atoms with Crippen LogP contribution in [-0.2, 0) is 4.79 Å². The number of rotatable bonds is 5. The quantitative estimate of drug-likeness (QED) is 0.837. The molecule has 2 saturated heterocycles. The van der Waals surface area contributed by atoms with E-state index in [2.05, 4.69) is 23.7 Å². The predicted molar refractivity (Wildman–Crippen MR) is 85.6 cm³/mol. The van der Waals surface area contributed by atoms with Gasteiger partial charge in [0.2, 0.25) is 11.8 Å². The van der Waals surface area contributed by atoms with Gasteiger partial charge in [-0.1, -0.05) is 19.9 Å². The van der Waals surface area contributed by atoms with Gasteiger partial charge >= 0.3 is 0 Å². The Hall–Kier alpha value is -1.58. The van der Waals surface area contributed by atoms with Crippen molar-refractivity contribution in [3.05, 3.63) is 24.4 Å². The molecule has 3 heterocycles. The molecule has 2 aliphatic rings. The molecule has 3 rings (SSSR count). The lowest BCUT2D eigenvalue weighted by Crippen LogP contribution is -2.51. The number of piperidine rings is 1. The van der Waals surface area contributed by atoms with E-state index in [0.717, 1.165) is 38.5 Å². The lowest BCUT2D eigenvalue weighted by atomic mass is 9.95. The van der Waals surface area contributed by atoms with E-state index in [4.69, 9.17) is 4.74 Å². The molecule has 1 amide bonds. The van der Waals surface area contributed by atoms with Gasteiger partial charge in [0.25, 0.3) is 0 Å². The molecule has 4 nitrogen and oxygen atoms in total. The fraction of sp³-hybridized carbons (Fsp3) is 0.667. The van der Waals surface area contributed by atoms with Gasteiger partial charge in [0.1, 0.15) is 6.10 Å². The Labute approximate surface area is 132 Å². The molecular formula is C18H26N2O2. The standard InChI is InChI=1S/C18H26N2O2/c1-3-13(4-2)18(21)20-14-8-9-15(20)12-16(11-14)22-17-7-5-6-10-19-17/h5-7,10,13-16H,3-4,8-9,11-12H2,1-2H3. The molecule has 0 aliphatic carbocycles. The largest absolute Gasteiger partial charge is 0.474 e. The second-order valence-electron chi connectivity index (χ2n) is 6.52. The summed E-state index contributed by atoms with van der Waals surface area (Å²) < 4.78 is 6.03. The van der Waals surface area contributed by atoms with Crippen molar-refractivity contribution in [3.63, 3.8) is 0 Å². The highest BCUT2D eigenvalue weighted by Crippen LogP contribution is 2.38. The number of carbonyl (C=O) groups excluding carboxylic acids is 1. The van der Waals surface area contributed by atoms with Gasteiger partial charge in [-0.2, -0.15) is 0 Å². The summed E-state index contributed by atoms with van der Waals surface area (Å²) in [6.45, 7) is 4.23. The van der Waals surface area contributed by atoms with Crippen molar-refractivity contribution < 1.29 is 9.53 Å². The van der Waals surface area contributed by atoms with Gasteiger partial charge in [-0.05, 0) is 31.7 Å². The molecule has 0 aromatic carbocycles. The molecule has 2 atom stereocenters. The summed E-state index contributed by atoms with van der Waals surface area (Å²) in [6, 6.07) is 6.47. The first-order valence-electron chi connectivity index (χ1n) is 8.62. The number of hydrogen-bond donors (Lipinski definition) is 0. The number of pyridine rings is 1. The molecule has 2 unspecified atom stereocenters. The van der Waals surface area contributed by atoms with Crippen LogP contribution >= 0.6 is 0 Å². The molecule has 1 aromatic rings. The van der Waals surface area contributed by atoms with Crippen LogP contribution in [0.2, 0.25) is 0 Å². The normalized spacial score (nSPS) is 27.2. The van der Waals surface area contributed by atoms with Gasteiger partial charge in [0.05, 0.1) is 0 Å². The summed E-state index contributed by atoms with van der Waals surface area (Å²) in [4.78, 5) is 19.2. The van der Waals surface area contributed by atoms with E-state index in [1.54, 1.807) is 6.20 Å². The zero-order chi connectivity index (χ0) is 15.5. The number of carbonyl (C=O) groups is 1. The van der Waals surface area contributed by atoms with E-state index in [1.807, 2.05) is 18.2 Å². The van der Waals surface area contributed by atoms with E-state index < -0.39 is 0 Å². The molecule has 0 radical (unpaired) electrons. The molecule has 2 bridgehead atoms. The van der Waals surface area contributed by atoms with Crippen LogP contribution in [0, 0.1) is 5.92 Å². The third-order valence-electron chi connectivity index (χ3n) is 5.20. The van der Waals surface area contributed by atoms with Crippen LogP contribution in [0.3, 0.4) is 0 Å². The predicted octanol–water partition coefficient (Wildman–Crippen LogP) is 3.42. The molecular weight excluding hydrogens is 276 g/mol. The monoisotopic (exact) mass is 302 g/mol. The van der Waals surface area contributed by atoms with E-state index in [-0.39, 0.29) is 12.0 Å². The summed E-state index contributed by atoms with van der Waals surface area (Å²) >= 11 is 0. The van der Waals surface area contributed by atoms with Gasteiger partial charge in [-0.15, -0.1) is 0 Å². The van der Waals surface area contributed by atoms with Crippen LogP contribution in [0.1, 0.15) is 52.4 Å². The molecule has 0 spiro atoms. The van der Waals surface area contributed by atoms with Gasteiger partial charge in [0.15, 0.2) is 0 Å². The van der Waals surface area contributed by atoms with Crippen molar-refractivity contribution in [2.24, 2.45) is 5.92 Å². The number of hydrogen-bond acceptors (Lipinski definition) is 3. The zero-order valence-corrected chi connectivity index (χ0v) is 13.6. The van der Waals surface area contributed by atoms with Crippen molar-refractivity contribution in [2.75, 3.05) is 0 Å². The third-order valence-corrected chi connectivity index (χ3v) is 5.20. The highest BCUT2D eigenvalue weighted by atomic mass is 16.5. The minimum Gasteiger partial charge on any atom is -0.474 e. The molecule has 0 N–H and O–H groups in total. The lowest BCUT2D eigenvalue weighted by molar-refractivity contribution is -0.141. The van der Waals surface area contributed by atoms with E-state index in [0.29, 0.717) is 23.9 Å². The zero-order valence-electron chi connectivity index (χ0n) is 13.6. The van der Waals surface area contributed by atoms with E-state index in [1.165, 1.54) is 0 Å². The fourth-order valence-electron chi connectivity index (χ4n) is 4.02. The van der Waals surface area contributed by atoms with Crippen molar-refractivity contribution in [1.29, 1.82) is 0 Å². The Balaban J connectivity index is 1.65. The number of ether oxygens (including phenoxy) is 1. The number of amides is 1. The van der Waals surface area contributed by atoms with Crippen LogP contribution in [-0.4, -0.2) is 34.0 Å². The van der Waals surface area contributed by atoms with Crippen LogP contribution in [0.15, 0.2) is 24.4 Å². The first kappa shape index (κ1) is 15.3. The molecule has 1 aromatic heterocycles. The van der Waals surface area contributed by atoms with E-state index >= 15 is 0 Å². The van der Waals surface area contributed by atoms with Crippen molar-refractivity contribution in [3.8, 4) is 5.88 Å². The summed E-state index contributed by atoms with van der Waals surface area (Å²) in [6.07, 6.45) is 7.97. The van der Waals surface area contributed by atoms with Crippen LogP contribution < -0.4 is 4.74 Å². The highest BCUT2D eigenvalue weighted by molar-refractivity contribution is 5.80. The minimum absolute atomic E-state index is 0.191. The average Bonchev–Trinajstić information content (AvgIpc) is 2.80. The van der Waals surface area contributed by atoms with Crippen molar-refractivity contribution in [1.82, 2.24) is 9.88 Å². The van der Waals surface area contributed by atoms with Gasteiger partial charge in [-0.3, -0.25) is 4.79 Å². The maximum Gasteiger partial charge on any atom is 0.226 e. The van der Waals surface area contributed by atoms with Crippen molar-refractivity contribution >= 4 is 5.91 Å². The third kappa shape index (κ3) is 2.96. The summed E-state index contributed by atoms with van der Waals surface area (Å²) in [5.41, 5.74) is 0. The van der Waals surface area contributed by atoms with Gasteiger partial charge in [-0.25, -0.2) is 4.98 Å². The topological polar surface area (TPSA) is 42.4 Å². The maximum absolute atomic E-state index is 12.8. The molecule has 2 aliphatic heterocycles. The fourth-order valence-corrected chi connectivity index (χ4v) is 4.02. The SMILES string of the molecule is CCC(CC)C(=O)N1C2CCC1CC(Oc1ccccn1)C2. The van der Waals surface area contributed by atoms with Gasteiger partial charge in [0, 0.05) is 43.1 Å². The number of fused-ring (bicyclic) bond motifs is 2. The molecule has 22 heavy (non-hydrogen) atoms. The Morgan fingerprint density at radius 1 is 1.27 bits per heavy atom. The summed E-state index contributed by atoms with van der Waals surface area (Å²) in [5, 5.41) is 0. The molecule has 2 fully saturated rings. The van der Waals surface area contributed by atoms with Crippen LogP contribution in [0.25, 0.3) is 0 Å². The molecule has 120 valence electrons. The number of aromatic nitrogens is 1. The number of nitrogens with zero attached hydrogens (tertiary/aromatic N) is 2. The Morgan fingerprint density at radius 3 is 2.50 bits per heavy atom. The maximum atomic E-state index is 12.8. The Kier molecular flexibility index (Phi) is 4.65. The average molecular weight is 302 g/mol. The van der Waals surface area contributed by atoms with Gasteiger partial charge < -0.3 is 9.64 Å². The highest BCUT2D eigenvalue weighted by Gasteiger charge is 2.45. The molecule has 0 saturated carbocycles. The summed E-state index contributed by atoms with van der Waals surface area (Å²) in [5.74, 6) is 1.26. The summed E-state index contributed by atoms with van der Waals surface area (Å²) in [7, 11) is 0. The van der Waals surface area contributed by atoms with Crippen LogP contribution in [0.4, 0.5) is 0 Å². The first-order valence-corrected chi connectivity index (χ1v) is 8.62. The Morgan fingerprint density at radius 2 is 1.95 bits per heavy atom. The second kappa shape index (κ2) is 6.67. The minimum atomic E-state index is 0.191. The first-order chi connectivity index (χ1) is 10.7. The Bertz CT molecular complexity index is 487.